The molecule has 2 atom stereocenters. The minimum Gasteiger partial charge on any atom is -0.292 e. The second-order valence-corrected chi connectivity index (χ2v) is 5.02. The van der Waals surface area contributed by atoms with Crippen LogP contribution in [0.1, 0.15) is 33.6 Å². The molecule has 2 heteroatoms. The van der Waals surface area contributed by atoms with Crippen LogP contribution >= 0.6 is 12.6 Å². The molecule has 1 rings (SSSR count). The third-order valence-corrected chi connectivity index (χ3v) is 3.29. The maximum Gasteiger partial charge on any atom is 0.0499 e. The summed E-state index contributed by atoms with van der Waals surface area (Å²) in [6.07, 6.45) is 2.77. The van der Waals surface area contributed by atoms with E-state index in [-0.39, 0.29) is 0 Å². The summed E-state index contributed by atoms with van der Waals surface area (Å²) in [5.41, 5.74) is 0. The van der Waals surface area contributed by atoms with Gasteiger partial charge in [-0.25, -0.2) is 0 Å². The second kappa shape index (κ2) is 4.52. The van der Waals surface area contributed by atoms with Gasteiger partial charge < -0.3 is 0 Å². The highest BCUT2D eigenvalue weighted by Crippen LogP contribution is 2.25. The van der Waals surface area contributed by atoms with Gasteiger partial charge in [0.2, 0.25) is 0 Å². The van der Waals surface area contributed by atoms with E-state index in [0.29, 0.717) is 5.37 Å². The second-order valence-electron chi connectivity index (χ2n) is 4.27. The molecule has 0 radical (unpaired) electrons. The lowest BCUT2D eigenvalue weighted by Gasteiger charge is -2.36. The van der Waals surface area contributed by atoms with E-state index in [9.17, 15) is 0 Å². The lowest BCUT2D eigenvalue weighted by atomic mass is 9.88. The van der Waals surface area contributed by atoms with Crippen molar-refractivity contribution >= 4 is 12.6 Å². The fourth-order valence-corrected chi connectivity index (χ4v) is 2.13. The summed E-state index contributed by atoms with van der Waals surface area (Å²) in [7, 11) is 0. The molecule has 0 aromatic rings. The molecular formula is C10H21NS. The van der Waals surface area contributed by atoms with E-state index < -0.39 is 0 Å². The maximum absolute atomic E-state index is 4.48. The molecule has 0 bridgehead atoms. The van der Waals surface area contributed by atoms with E-state index in [1.807, 2.05) is 0 Å². The molecule has 1 aliphatic heterocycles. The van der Waals surface area contributed by atoms with Gasteiger partial charge in [0.25, 0.3) is 0 Å². The minimum atomic E-state index is 0.437. The smallest absolute Gasteiger partial charge is 0.0499 e. The third-order valence-electron chi connectivity index (χ3n) is 2.96. The van der Waals surface area contributed by atoms with Crippen LogP contribution in [0.25, 0.3) is 0 Å². The average molecular weight is 187 g/mol. The number of hydrogen-bond donors (Lipinski definition) is 1. The van der Waals surface area contributed by atoms with Crippen molar-refractivity contribution < 1.29 is 0 Å². The van der Waals surface area contributed by atoms with Gasteiger partial charge in [-0.1, -0.05) is 13.8 Å². The van der Waals surface area contributed by atoms with E-state index in [0.717, 1.165) is 11.8 Å². The molecule has 1 nitrogen and oxygen atoms in total. The summed E-state index contributed by atoms with van der Waals surface area (Å²) in [6, 6.07) is 0. The first-order chi connectivity index (χ1) is 5.61. The first kappa shape index (κ1) is 10.4. The van der Waals surface area contributed by atoms with Gasteiger partial charge in [0, 0.05) is 11.9 Å². The van der Waals surface area contributed by atoms with Crippen molar-refractivity contribution in [2.24, 2.45) is 11.8 Å². The average Bonchev–Trinajstić information content (AvgIpc) is 2.04. The fraction of sp³-hybridized carbons (Fsp3) is 1.00. The fourth-order valence-electron chi connectivity index (χ4n) is 1.92. The van der Waals surface area contributed by atoms with Gasteiger partial charge in [-0.3, -0.25) is 4.90 Å². The molecule has 12 heavy (non-hydrogen) atoms. The molecule has 0 amide bonds. The summed E-state index contributed by atoms with van der Waals surface area (Å²) in [4.78, 5) is 2.48. The molecule has 1 aliphatic rings. The molecule has 0 aromatic carbocycles. The Morgan fingerprint density at radius 2 is 2.00 bits per heavy atom. The molecule has 0 aromatic heterocycles. The largest absolute Gasteiger partial charge is 0.292 e. The zero-order chi connectivity index (χ0) is 9.14. The zero-order valence-electron chi connectivity index (χ0n) is 8.45. The van der Waals surface area contributed by atoms with E-state index >= 15 is 0 Å². The Balaban J connectivity index is 2.40. The van der Waals surface area contributed by atoms with E-state index in [4.69, 9.17) is 0 Å². The van der Waals surface area contributed by atoms with Crippen LogP contribution in [-0.4, -0.2) is 23.4 Å². The van der Waals surface area contributed by atoms with Crippen LogP contribution in [0.2, 0.25) is 0 Å². The van der Waals surface area contributed by atoms with Gasteiger partial charge in [-0.2, -0.15) is 12.6 Å². The Hall–Kier alpha value is 0.310. The van der Waals surface area contributed by atoms with Gasteiger partial charge in [0.1, 0.15) is 0 Å². The molecule has 0 spiro atoms. The molecule has 0 aliphatic carbocycles. The van der Waals surface area contributed by atoms with Crippen molar-refractivity contribution in [3.63, 3.8) is 0 Å². The highest BCUT2D eigenvalue weighted by atomic mass is 32.1. The van der Waals surface area contributed by atoms with Crippen LogP contribution < -0.4 is 0 Å². The standard InChI is InChI=1S/C10H21NS/c1-8(2)10-5-4-6-11(7-10)9(3)12/h8-10,12H,4-7H2,1-3H3. The molecule has 0 saturated carbocycles. The number of nitrogens with zero attached hydrogens (tertiary/aromatic N) is 1. The Bertz CT molecular complexity index is 120. The highest BCUT2D eigenvalue weighted by molar-refractivity contribution is 7.80. The number of hydrogen-bond acceptors (Lipinski definition) is 2. The van der Waals surface area contributed by atoms with Crippen molar-refractivity contribution in [2.75, 3.05) is 13.1 Å². The van der Waals surface area contributed by atoms with Crippen molar-refractivity contribution in [2.45, 2.75) is 39.0 Å². The summed E-state index contributed by atoms with van der Waals surface area (Å²) < 4.78 is 0. The molecule has 1 saturated heterocycles. The topological polar surface area (TPSA) is 3.24 Å². The number of piperidine rings is 1. The zero-order valence-corrected chi connectivity index (χ0v) is 9.35. The number of thiol groups is 1. The normalized spacial score (nSPS) is 29.2. The molecule has 2 unspecified atom stereocenters. The first-order valence-corrected chi connectivity index (χ1v) is 5.55. The van der Waals surface area contributed by atoms with E-state index in [2.05, 4.69) is 38.3 Å². The Morgan fingerprint density at radius 1 is 1.33 bits per heavy atom. The summed E-state index contributed by atoms with van der Waals surface area (Å²) in [5.74, 6) is 1.73. The summed E-state index contributed by atoms with van der Waals surface area (Å²) >= 11 is 4.48. The SMILES string of the molecule is CC(C)C1CCCN(C(C)S)C1. The summed E-state index contributed by atoms with van der Waals surface area (Å²) in [5, 5.41) is 0.437. The predicted molar refractivity (Wildman–Crippen MR) is 57.6 cm³/mol. The Kier molecular flexibility index (Phi) is 3.91. The molecule has 72 valence electrons. The van der Waals surface area contributed by atoms with Gasteiger partial charge in [0.05, 0.1) is 0 Å². The third kappa shape index (κ3) is 2.67. The van der Waals surface area contributed by atoms with Crippen LogP contribution in [0.3, 0.4) is 0 Å². The Morgan fingerprint density at radius 3 is 2.50 bits per heavy atom. The van der Waals surface area contributed by atoms with Crippen molar-refractivity contribution in [3.8, 4) is 0 Å². The Labute approximate surface area is 81.9 Å². The van der Waals surface area contributed by atoms with Crippen LogP contribution in [-0.2, 0) is 0 Å². The lowest BCUT2D eigenvalue weighted by Crippen LogP contribution is -2.40. The van der Waals surface area contributed by atoms with Crippen molar-refractivity contribution in [3.05, 3.63) is 0 Å². The van der Waals surface area contributed by atoms with Crippen LogP contribution in [0.15, 0.2) is 0 Å². The van der Waals surface area contributed by atoms with Gasteiger partial charge in [-0.15, -0.1) is 0 Å². The monoisotopic (exact) mass is 187 g/mol. The number of rotatable bonds is 2. The summed E-state index contributed by atoms with van der Waals surface area (Å²) in [6.45, 7) is 9.33. The number of likely N-dealkylation sites (tertiary alicyclic amines) is 1. The van der Waals surface area contributed by atoms with Crippen LogP contribution in [0, 0.1) is 11.8 Å². The first-order valence-electron chi connectivity index (χ1n) is 5.03. The van der Waals surface area contributed by atoms with Crippen LogP contribution in [0.5, 0.6) is 0 Å². The van der Waals surface area contributed by atoms with E-state index in [1.165, 1.54) is 25.9 Å². The van der Waals surface area contributed by atoms with Crippen molar-refractivity contribution in [1.29, 1.82) is 0 Å². The lowest BCUT2D eigenvalue weighted by molar-refractivity contribution is 0.141. The predicted octanol–water partition coefficient (Wildman–Crippen LogP) is 2.63. The molecular weight excluding hydrogens is 166 g/mol. The van der Waals surface area contributed by atoms with Crippen molar-refractivity contribution in [1.82, 2.24) is 4.90 Å². The molecule has 1 fully saturated rings. The van der Waals surface area contributed by atoms with Gasteiger partial charge in [-0.05, 0) is 38.1 Å². The molecule has 0 N–H and O–H groups in total. The quantitative estimate of drug-likeness (QED) is 0.650. The minimum absolute atomic E-state index is 0.437. The van der Waals surface area contributed by atoms with Crippen LogP contribution in [0.4, 0.5) is 0 Å². The van der Waals surface area contributed by atoms with E-state index in [1.54, 1.807) is 0 Å². The maximum atomic E-state index is 4.48. The highest BCUT2D eigenvalue weighted by Gasteiger charge is 2.23. The van der Waals surface area contributed by atoms with Gasteiger partial charge >= 0.3 is 0 Å². The van der Waals surface area contributed by atoms with Gasteiger partial charge in [0.15, 0.2) is 0 Å². The molecule has 1 heterocycles.